The molecule has 0 aliphatic carbocycles. The minimum Gasteiger partial charge on any atom is -0.397 e. The Morgan fingerprint density at radius 2 is 1.94 bits per heavy atom. The lowest BCUT2D eigenvalue weighted by Crippen LogP contribution is -2.15. The van der Waals surface area contributed by atoms with Gasteiger partial charge in [-0.15, -0.1) is 0 Å². The first-order valence-corrected chi connectivity index (χ1v) is 3.88. The van der Waals surface area contributed by atoms with Crippen LogP contribution in [0.3, 0.4) is 0 Å². The highest BCUT2D eigenvalue weighted by atomic mass is 19.4. The van der Waals surface area contributed by atoms with Gasteiger partial charge in [-0.05, 0) is 6.07 Å². The van der Waals surface area contributed by atoms with Crippen molar-refractivity contribution in [3.8, 4) is 0 Å². The summed E-state index contributed by atoms with van der Waals surface area (Å²) in [6.07, 6.45) is -8.45. The second-order valence-corrected chi connectivity index (χ2v) is 2.82. The third-order valence-electron chi connectivity index (χ3n) is 1.73. The summed E-state index contributed by atoms with van der Waals surface area (Å²) in [5.74, 6) is 0. The van der Waals surface area contributed by atoms with Crippen LogP contribution in [0.25, 0.3) is 0 Å². The summed E-state index contributed by atoms with van der Waals surface area (Å²) < 4.78 is 61.5. The smallest absolute Gasteiger partial charge is 0.397 e. The van der Waals surface area contributed by atoms with Gasteiger partial charge in [0.05, 0.1) is 11.3 Å². The van der Waals surface area contributed by atoms with Crippen LogP contribution in [0.15, 0.2) is 6.07 Å². The molecule has 8 heteroatoms. The molecule has 0 unspecified atom stereocenters. The Kier molecular flexibility index (Phi) is 3.11. The maximum Gasteiger partial charge on any atom is 0.433 e. The van der Waals surface area contributed by atoms with Gasteiger partial charge < -0.3 is 5.73 Å². The number of alkyl halides is 5. The number of halogens is 5. The molecule has 1 aromatic heterocycles. The highest BCUT2D eigenvalue weighted by molar-refractivity contribution is 5.80. The standard InChI is InChI=1S/C8H5F5N2O/c9-7(10)3-1-4(14)5(2-16)15-6(3)8(11,12)13/h1-2,7H,14H2. The fourth-order valence-electron chi connectivity index (χ4n) is 1.05. The van der Waals surface area contributed by atoms with Crippen molar-refractivity contribution in [1.82, 2.24) is 4.98 Å². The first-order valence-electron chi connectivity index (χ1n) is 3.88. The zero-order valence-corrected chi connectivity index (χ0v) is 7.55. The summed E-state index contributed by atoms with van der Waals surface area (Å²) in [5.41, 5.74) is 0.730. The monoisotopic (exact) mass is 240 g/mol. The largest absolute Gasteiger partial charge is 0.433 e. The number of hydrogen-bond donors (Lipinski definition) is 1. The predicted octanol–water partition coefficient (Wildman–Crippen LogP) is 2.43. The zero-order chi connectivity index (χ0) is 12.5. The summed E-state index contributed by atoms with van der Waals surface area (Å²) in [5, 5.41) is 0. The van der Waals surface area contributed by atoms with Crippen LogP contribution in [0.5, 0.6) is 0 Å². The normalized spacial score (nSPS) is 11.9. The summed E-state index contributed by atoms with van der Waals surface area (Å²) in [7, 11) is 0. The summed E-state index contributed by atoms with van der Waals surface area (Å²) in [6.45, 7) is 0. The number of aromatic nitrogens is 1. The van der Waals surface area contributed by atoms with E-state index in [2.05, 4.69) is 4.98 Å². The van der Waals surface area contributed by atoms with Crippen molar-refractivity contribution >= 4 is 12.0 Å². The Balaban J connectivity index is 3.49. The Labute approximate surface area is 86.1 Å². The fourth-order valence-corrected chi connectivity index (χ4v) is 1.05. The molecular formula is C8H5F5N2O. The van der Waals surface area contributed by atoms with Crippen LogP contribution in [-0.2, 0) is 6.18 Å². The molecule has 0 atom stereocenters. The lowest BCUT2D eigenvalue weighted by atomic mass is 10.1. The molecule has 1 rings (SSSR count). The highest BCUT2D eigenvalue weighted by Gasteiger charge is 2.38. The maximum atomic E-state index is 12.3. The predicted molar refractivity (Wildman–Crippen MR) is 44.0 cm³/mol. The van der Waals surface area contributed by atoms with E-state index >= 15 is 0 Å². The summed E-state index contributed by atoms with van der Waals surface area (Å²) in [6, 6.07) is 0.407. The summed E-state index contributed by atoms with van der Waals surface area (Å²) in [4.78, 5) is 13.1. The molecular weight excluding hydrogens is 235 g/mol. The second kappa shape index (κ2) is 4.03. The van der Waals surface area contributed by atoms with Crippen LogP contribution < -0.4 is 5.73 Å². The van der Waals surface area contributed by atoms with Crippen molar-refractivity contribution in [2.75, 3.05) is 5.73 Å². The van der Waals surface area contributed by atoms with E-state index in [0.29, 0.717) is 6.07 Å². The number of aldehydes is 1. The molecule has 1 heterocycles. The number of carbonyl (C=O) groups excluding carboxylic acids is 1. The molecule has 16 heavy (non-hydrogen) atoms. The molecule has 0 fully saturated rings. The van der Waals surface area contributed by atoms with E-state index in [-0.39, 0.29) is 6.29 Å². The lowest BCUT2D eigenvalue weighted by molar-refractivity contribution is -0.143. The molecule has 0 aromatic carbocycles. The fraction of sp³-hybridized carbons (Fsp3) is 0.250. The van der Waals surface area contributed by atoms with Gasteiger partial charge in [0.1, 0.15) is 5.69 Å². The first-order chi connectivity index (χ1) is 7.27. The van der Waals surface area contributed by atoms with Crippen LogP contribution in [0, 0.1) is 0 Å². The van der Waals surface area contributed by atoms with E-state index in [0.717, 1.165) is 0 Å². The lowest BCUT2D eigenvalue weighted by Gasteiger charge is -2.12. The molecule has 0 aliphatic rings. The Bertz CT molecular complexity index is 416. The Morgan fingerprint density at radius 3 is 2.31 bits per heavy atom. The average Bonchev–Trinajstić information content (AvgIpc) is 2.15. The van der Waals surface area contributed by atoms with Crippen LogP contribution in [-0.4, -0.2) is 11.3 Å². The molecule has 0 saturated heterocycles. The van der Waals surface area contributed by atoms with Gasteiger partial charge in [-0.2, -0.15) is 13.2 Å². The van der Waals surface area contributed by atoms with Gasteiger partial charge >= 0.3 is 6.18 Å². The van der Waals surface area contributed by atoms with Crippen molar-refractivity contribution in [3.05, 3.63) is 23.0 Å². The van der Waals surface area contributed by atoms with Crippen molar-refractivity contribution < 1.29 is 26.7 Å². The second-order valence-electron chi connectivity index (χ2n) is 2.82. The SMILES string of the molecule is Nc1cc(C(F)F)c(C(F)(F)F)nc1C=O. The van der Waals surface area contributed by atoms with Crippen LogP contribution in [0.4, 0.5) is 27.6 Å². The zero-order valence-electron chi connectivity index (χ0n) is 7.55. The quantitative estimate of drug-likeness (QED) is 0.638. The molecule has 2 N–H and O–H groups in total. The number of hydrogen-bond acceptors (Lipinski definition) is 3. The summed E-state index contributed by atoms with van der Waals surface area (Å²) >= 11 is 0. The number of anilines is 1. The van der Waals surface area contributed by atoms with Crippen molar-refractivity contribution in [1.29, 1.82) is 0 Å². The minimum absolute atomic E-state index is 0.0280. The molecule has 0 bridgehead atoms. The first kappa shape index (κ1) is 12.3. The highest BCUT2D eigenvalue weighted by Crippen LogP contribution is 2.36. The van der Waals surface area contributed by atoms with Gasteiger partial charge in [-0.25, -0.2) is 13.8 Å². The number of nitrogens with two attached hydrogens (primary N) is 1. The van der Waals surface area contributed by atoms with Crippen LogP contribution in [0.1, 0.15) is 28.2 Å². The van der Waals surface area contributed by atoms with Crippen molar-refractivity contribution in [2.24, 2.45) is 0 Å². The molecule has 3 nitrogen and oxygen atoms in total. The average molecular weight is 240 g/mol. The third-order valence-corrected chi connectivity index (χ3v) is 1.73. The van der Waals surface area contributed by atoms with E-state index < -0.39 is 35.2 Å². The number of pyridine rings is 1. The van der Waals surface area contributed by atoms with Gasteiger partial charge in [0.2, 0.25) is 0 Å². The third kappa shape index (κ3) is 2.26. The molecule has 88 valence electrons. The van der Waals surface area contributed by atoms with Crippen LogP contribution in [0.2, 0.25) is 0 Å². The number of nitrogens with zero attached hydrogens (tertiary/aromatic N) is 1. The maximum absolute atomic E-state index is 12.3. The Hall–Kier alpha value is -1.73. The van der Waals surface area contributed by atoms with E-state index in [9.17, 15) is 26.7 Å². The van der Waals surface area contributed by atoms with Gasteiger partial charge in [0.15, 0.2) is 12.0 Å². The van der Waals surface area contributed by atoms with E-state index in [4.69, 9.17) is 5.73 Å². The molecule has 0 saturated carbocycles. The number of nitrogen functional groups attached to an aromatic ring is 1. The molecule has 1 aromatic rings. The van der Waals surface area contributed by atoms with E-state index in [1.807, 2.05) is 0 Å². The van der Waals surface area contributed by atoms with Gasteiger partial charge in [-0.1, -0.05) is 0 Å². The van der Waals surface area contributed by atoms with E-state index in [1.165, 1.54) is 0 Å². The van der Waals surface area contributed by atoms with Gasteiger partial charge in [0.25, 0.3) is 6.43 Å². The number of carbonyl (C=O) groups is 1. The number of rotatable bonds is 2. The molecule has 0 spiro atoms. The molecule has 0 amide bonds. The van der Waals surface area contributed by atoms with E-state index in [1.54, 1.807) is 0 Å². The van der Waals surface area contributed by atoms with Crippen LogP contribution >= 0.6 is 0 Å². The van der Waals surface area contributed by atoms with Gasteiger partial charge in [0, 0.05) is 0 Å². The molecule has 0 radical (unpaired) electrons. The Morgan fingerprint density at radius 1 is 1.38 bits per heavy atom. The van der Waals surface area contributed by atoms with Crippen molar-refractivity contribution in [2.45, 2.75) is 12.6 Å². The molecule has 0 aliphatic heterocycles. The van der Waals surface area contributed by atoms with Gasteiger partial charge in [-0.3, -0.25) is 4.79 Å². The topological polar surface area (TPSA) is 56.0 Å². The van der Waals surface area contributed by atoms with Crippen molar-refractivity contribution in [3.63, 3.8) is 0 Å². The minimum atomic E-state index is -5.06.